The van der Waals surface area contributed by atoms with Crippen molar-refractivity contribution in [3.05, 3.63) is 47.3 Å². The maximum absolute atomic E-state index is 5.79. The van der Waals surface area contributed by atoms with Crippen molar-refractivity contribution in [2.45, 2.75) is 46.3 Å². The summed E-state index contributed by atoms with van der Waals surface area (Å²) in [5, 5.41) is 7.22. The number of aromatic nitrogens is 1. The fourth-order valence-corrected chi connectivity index (χ4v) is 1.97. The van der Waals surface area contributed by atoms with E-state index in [0.29, 0.717) is 6.61 Å². The molecule has 0 spiro atoms. The molecule has 0 aliphatic rings. The molecule has 0 atom stereocenters. The molecule has 1 N–H and O–H groups in total. The molecular formula is C17H24N2O2. The van der Waals surface area contributed by atoms with E-state index in [-0.39, 0.29) is 5.41 Å². The molecule has 1 aromatic heterocycles. The maximum atomic E-state index is 5.79. The summed E-state index contributed by atoms with van der Waals surface area (Å²) in [4.78, 5) is 0. The average molecular weight is 288 g/mol. The van der Waals surface area contributed by atoms with Crippen LogP contribution in [0.15, 0.2) is 34.9 Å². The summed E-state index contributed by atoms with van der Waals surface area (Å²) in [7, 11) is 0. The van der Waals surface area contributed by atoms with E-state index >= 15 is 0 Å². The number of ether oxygens (including phenoxy) is 1. The Morgan fingerprint density at radius 2 is 2.05 bits per heavy atom. The van der Waals surface area contributed by atoms with Crippen LogP contribution in [0.5, 0.6) is 5.75 Å². The molecule has 0 radical (unpaired) electrons. The van der Waals surface area contributed by atoms with Crippen molar-refractivity contribution < 1.29 is 9.26 Å². The van der Waals surface area contributed by atoms with E-state index in [2.05, 4.69) is 50.3 Å². The monoisotopic (exact) mass is 288 g/mol. The third kappa shape index (κ3) is 4.60. The van der Waals surface area contributed by atoms with Crippen LogP contribution in [0.3, 0.4) is 0 Å². The van der Waals surface area contributed by atoms with Gasteiger partial charge in [0.05, 0.1) is 5.69 Å². The van der Waals surface area contributed by atoms with E-state index in [1.54, 1.807) is 0 Å². The predicted octanol–water partition coefficient (Wildman–Crippen LogP) is 3.66. The molecular weight excluding hydrogens is 264 g/mol. The van der Waals surface area contributed by atoms with Crippen LogP contribution in [0.4, 0.5) is 0 Å². The topological polar surface area (TPSA) is 47.3 Å². The Labute approximate surface area is 126 Å². The molecule has 0 aliphatic carbocycles. The molecule has 0 saturated heterocycles. The lowest BCUT2D eigenvalue weighted by atomic mass is 9.87. The van der Waals surface area contributed by atoms with Gasteiger partial charge in [0.15, 0.2) is 5.76 Å². The smallest absolute Gasteiger partial charge is 0.174 e. The van der Waals surface area contributed by atoms with Crippen LogP contribution in [0.1, 0.15) is 44.7 Å². The first-order chi connectivity index (χ1) is 9.99. The minimum absolute atomic E-state index is 0.116. The van der Waals surface area contributed by atoms with Gasteiger partial charge in [0.1, 0.15) is 12.4 Å². The average Bonchev–Trinajstić information content (AvgIpc) is 2.90. The highest BCUT2D eigenvalue weighted by molar-refractivity contribution is 5.32. The predicted molar refractivity (Wildman–Crippen MR) is 83.4 cm³/mol. The number of hydrogen-bond donors (Lipinski definition) is 1. The van der Waals surface area contributed by atoms with Crippen molar-refractivity contribution in [3.63, 3.8) is 0 Å². The van der Waals surface area contributed by atoms with Crippen LogP contribution >= 0.6 is 0 Å². The highest BCUT2D eigenvalue weighted by atomic mass is 16.5. The van der Waals surface area contributed by atoms with Gasteiger partial charge < -0.3 is 14.6 Å². The lowest BCUT2D eigenvalue weighted by molar-refractivity contribution is 0.248. The molecule has 2 rings (SSSR count). The summed E-state index contributed by atoms with van der Waals surface area (Å²) < 4.78 is 11.1. The zero-order chi connectivity index (χ0) is 15.3. The van der Waals surface area contributed by atoms with Gasteiger partial charge in [0.2, 0.25) is 0 Å². The second kappa shape index (κ2) is 6.76. The zero-order valence-electron chi connectivity index (χ0n) is 13.3. The van der Waals surface area contributed by atoms with Crippen LogP contribution in [-0.4, -0.2) is 11.7 Å². The third-order valence-electron chi connectivity index (χ3n) is 3.25. The van der Waals surface area contributed by atoms with Crippen LogP contribution in [0.25, 0.3) is 0 Å². The molecule has 0 amide bonds. The molecule has 2 aromatic rings. The number of rotatable bonds is 6. The summed E-state index contributed by atoms with van der Waals surface area (Å²) >= 11 is 0. The number of hydrogen-bond acceptors (Lipinski definition) is 4. The van der Waals surface area contributed by atoms with Crippen molar-refractivity contribution in [2.24, 2.45) is 0 Å². The van der Waals surface area contributed by atoms with Crippen molar-refractivity contribution >= 4 is 0 Å². The molecule has 4 heteroatoms. The third-order valence-corrected chi connectivity index (χ3v) is 3.25. The Bertz CT molecular complexity index is 570. The fraction of sp³-hybridized carbons (Fsp3) is 0.471. The minimum atomic E-state index is 0.116. The Kier molecular flexibility index (Phi) is 5.02. The number of nitrogens with zero attached hydrogens (tertiary/aromatic N) is 1. The SMILES string of the molecule is CCNCc1cc(COc2cccc(C(C)(C)C)c2)on1. The molecule has 4 nitrogen and oxygen atoms in total. The number of benzene rings is 1. The highest BCUT2D eigenvalue weighted by Crippen LogP contribution is 2.26. The van der Waals surface area contributed by atoms with Crippen molar-refractivity contribution in [1.82, 2.24) is 10.5 Å². The van der Waals surface area contributed by atoms with E-state index in [0.717, 1.165) is 30.3 Å². The minimum Gasteiger partial charge on any atom is -0.486 e. The molecule has 114 valence electrons. The fourth-order valence-electron chi connectivity index (χ4n) is 1.97. The van der Waals surface area contributed by atoms with Gasteiger partial charge in [-0.1, -0.05) is 45.0 Å². The Balaban J connectivity index is 1.95. The van der Waals surface area contributed by atoms with Crippen molar-refractivity contribution in [3.8, 4) is 5.75 Å². The van der Waals surface area contributed by atoms with E-state index in [4.69, 9.17) is 9.26 Å². The van der Waals surface area contributed by atoms with E-state index < -0.39 is 0 Å². The summed E-state index contributed by atoms with van der Waals surface area (Å²) in [6.07, 6.45) is 0. The standard InChI is InChI=1S/C17H24N2O2/c1-5-18-11-14-10-16(21-19-14)12-20-15-8-6-7-13(9-15)17(2,3)4/h6-10,18H,5,11-12H2,1-4H3. The van der Waals surface area contributed by atoms with Crippen molar-refractivity contribution in [2.75, 3.05) is 6.54 Å². The molecule has 0 fully saturated rings. The first kappa shape index (κ1) is 15.6. The van der Waals surface area contributed by atoms with Crippen molar-refractivity contribution in [1.29, 1.82) is 0 Å². The first-order valence-corrected chi connectivity index (χ1v) is 7.37. The lowest BCUT2D eigenvalue weighted by Gasteiger charge is -2.19. The Hall–Kier alpha value is -1.81. The Morgan fingerprint density at radius 1 is 1.24 bits per heavy atom. The lowest BCUT2D eigenvalue weighted by Crippen LogP contribution is -2.11. The van der Waals surface area contributed by atoms with Crippen LogP contribution in [0.2, 0.25) is 0 Å². The summed E-state index contributed by atoms with van der Waals surface area (Å²) in [6, 6.07) is 10.1. The summed E-state index contributed by atoms with van der Waals surface area (Å²) in [5.74, 6) is 1.59. The van der Waals surface area contributed by atoms with Crippen LogP contribution in [0, 0.1) is 0 Å². The van der Waals surface area contributed by atoms with E-state index in [9.17, 15) is 0 Å². The molecule has 1 aromatic carbocycles. The Morgan fingerprint density at radius 3 is 2.76 bits per heavy atom. The quantitative estimate of drug-likeness (QED) is 0.881. The number of nitrogens with one attached hydrogen (secondary N) is 1. The second-order valence-electron chi connectivity index (χ2n) is 6.13. The van der Waals surface area contributed by atoms with Gasteiger partial charge in [-0.2, -0.15) is 0 Å². The summed E-state index contributed by atoms with van der Waals surface area (Å²) in [5.41, 5.74) is 2.27. The largest absolute Gasteiger partial charge is 0.486 e. The second-order valence-corrected chi connectivity index (χ2v) is 6.13. The maximum Gasteiger partial charge on any atom is 0.174 e. The van der Waals surface area contributed by atoms with Gasteiger partial charge in [-0.15, -0.1) is 0 Å². The van der Waals surface area contributed by atoms with Gasteiger partial charge >= 0.3 is 0 Å². The first-order valence-electron chi connectivity index (χ1n) is 7.37. The zero-order valence-corrected chi connectivity index (χ0v) is 13.3. The van der Waals surface area contributed by atoms with E-state index in [1.165, 1.54) is 5.56 Å². The van der Waals surface area contributed by atoms with Gasteiger partial charge in [0, 0.05) is 12.6 Å². The highest BCUT2D eigenvalue weighted by Gasteiger charge is 2.14. The molecule has 0 saturated carbocycles. The normalized spacial score (nSPS) is 11.6. The molecule has 0 bridgehead atoms. The molecule has 0 aliphatic heterocycles. The van der Waals surface area contributed by atoms with E-state index in [1.807, 2.05) is 18.2 Å². The summed E-state index contributed by atoms with van der Waals surface area (Å²) in [6.45, 7) is 10.7. The van der Waals surface area contributed by atoms with Crippen LogP contribution in [-0.2, 0) is 18.6 Å². The molecule has 1 heterocycles. The van der Waals surface area contributed by atoms with Gasteiger partial charge in [-0.3, -0.25) is 0 Å². The molecule has 21 heavy (non-hydrogen) atoms. The van der Waals surface area contributed by atoms with Gasteiger partial charge in [-0.05, 0) is 29.7 Å². The molecule has 0 unspecified atom stereocenters. The van der Waals surface area contributed by atoms with Crippen LogP contribution < -0.4 is 10.1 Å². The van der Waals surface area contributed by atoms with Gasteiger partial charge in [-0.25, -0.2) is 0 Å². The van der Waals surface area contributed by atoms with Gasteiger partial charge in [0.25, 0.3) is 0 Å².